The van der Waals surface area contributed by atoms with Crippen LogP contribution >= 0.6 is 0 Å². The zero-order chi connectivity index (χ0) is 9.72. The molecule has 64 valence electrons. The van der Waals surface area contributed by atoms with Crippen LogP contribution in [-0.2, 0) is 14.4 Å². The predicted molar refractivity (Wildman–Crippen MR) is 41.3 cm³/mol. The molecule has 12 heavy (non-hydrogen) atoms. The molecule has 0 aliphatic heterocycles. The smallest absolute Gasteiger partial charge is 0.331 e. The second-order valence-electron chi connectivity index (χ2n) is 2.22. The van der Waals surface area contributed by atoms with Crippen LogP contribution in [0.2, 0.25) is 0 Å². The monoisotopic (exact) mass is 168 g/mol. The number of carboxylic acids is 1. The van der Waals surface area contributed by atoms with Crippen LogP contribution in [0.25, 0.3) is 0 Å². The lowest BCUT2D eigenvalue weighted by molar-refractivity contribution is -0.132. The Hall–Kier alpha value is -1.67. The van der Waals surface area contributed by atoms with Gasteiger partial charge in [-0.15, -0.1) is 0 Å². The molecule has 0 aromatic heterocycles. The van der Waals surface area contributed by atoms with Gasteiger partial charge in [0.05, 0.1) is 5.57 Å². The molecule has 4 heteroatoms. The summed E-state index contributed by atoms with van der Waals surface area (Å²) in [5, 5.41) is 8.36. The Labute approximate surface area is 69.2 Å². The summed E-state index contributed by atoms with van der Waals surface area (Å²) in [6, 6.07) is 0. The van der Waals surface area contributed by atoms with Gasteiger partial charge in [-0.25, -0.2) is 9.59 Å². The molecular weight excluding hydrogens is 160 g/mol. The first kappa shape index (κ1) is 10.3. The maximum atomic E-state index is 10.8. The van der Waals surface area contributed by atoms with E-state index in [2.05, 4.69) is 0 Å². The average molecular weight is 168 g/mol. The van der Waals surface area contributed by atoms with Gasteiger partial charge < -0.3 is 5.11 Å². The number of carboxylic acid groups (broad SMARTS) is 1. The Balaban J connectivity index is 4.67. The number of allylic oxidation sites excluding steroid dienone is 2. The van der Waals surface area contributed by atoms with Crippen molar-refractivity contribution in [1.29, 1.82) is 0 Å². The van der Waals surface area contributed by atoms with Crippen LogP contribution in [0.4, 0.5) is 0 Å². The van der Waals surface area contributed by atoms with Crippen LogP contribution in [0.5, 0.6) is 0 Å². The van der Waals surface area contributed by atoms with E-state index in [4.69, 9.17) is 5.11 Å². The number of ketones is 1. The van der Waals surface area contributed by atoms with E-state index in [0.717, 1.165) is 6.08 Å². The summed E-state index contributed by atoms with van der Waals surface area (Å²) in [6.45, 7) is 2.55. The lowest BCUT2D eigenvalue weighted by atomic mass is 10.1. The summed E-state index contributed by atoms with van der Waals surface area (Å²) in [5.74, 6) is -0.411. The normalized spacial score (nSPS) is 10.3. The summed E-state index contributed by atoms with van der Waals surface area (Å²) < 4.78 is 0. The molecule has 0 unspecified atom stereocenters. The van der Waals surface area contributed by atoms with E-state index in [1.54, 1.807) is 0 Å². The van der Waals surface area contributed by atoms with Gasteiger partial charge in [0, 0.05) is 5.57 Å². The average Bonchev–Trinajstić information content (AvgIpc) is 2.02. The van der Waals surface area contributed by atoms with Crippen molar-refractivity contribution < 1.29 is 19.5 Å². The van der Waals surface area contributed by atoms with Gasteiger partial charge in [-0.3, -0.25) is 4.79 Å². The minimum Gasteiger partial charge on any atom is -0.478 e. The standard InChI is InChI=1S/C8H8O4/c1-5(8(11)12)3-7(10)6(2)4-9/h3H,1-2H3,(H,11,12)/b5-3+. The zero-order valence-corrected chi connectivity index (χ0v) is 6.75. The van der Waals surface area contributed by atoms with Crippen LogP contribution in [0.15, 0.2) is 17.2 Å². The third-order valence-corrected chi connectivity index (χ3v) is 1.21. The SMILES string of the molecule is CC(=C=O)C(=O)/C=C(\C)C(=O)O. The molecule has 4 nitrogen and oxygen atoms in total. The van der Waals surface area contributed by atoms with Crippen molar-refractivity contribution in [2.75, 3.05) is 0 Å². The summed E-state index contributed by atoms with van der Waals surface area (Å²) in [7, 11) is 0. The molecule has 0 bridgehead atoms. The molecule has 0 atom stereocenters. The van der Waals surface area contributed by atoms with Crippen LogP contribution in [-0.4, -0.2) is 22.8 Å². The van der Waals surface area contributed by atoms with Gasteiger partial charge >= 0.3 is 5.97 Å². The summed E-state index contributed by atoms with van der Waals surface area (Å²) in [6.07, 6.45) is 0.891. The number of carbonyl (C=O) groups is 2. The van der Waals surface area contributed by atoms with Crippen molar-refractivity contribution in [3.05, 3.63) is 17.2 Å². The van der Waals surface area contributed by atoms with Crippen LogP contribution in [0.3, 0.4) is 0 Å². The molecule has 0 saturated carbocycles. The first-order chi connectivity index (χ1) is 5.49. The van der Waals surface area contributed by atoms with Crippen molar-refractivity contribution in [1.82, 2.24) is 0 Å². The van der Waals surface area contributed by atoms with Gasteiger partial charge in [-0.1, -0.05) is 0 Å². The second kappa shape index (κ2) is 4.26. The highest BCUT2D eigenvalue weighted by Crippen LogP contribution is 1.97. The summed E-state index contributed by atoms with van der Waals surface area (Å²) >= 11 is 0. The molecule has 0 spiro atoms. The van der Waals surface area contributed by atoms with Crippen molar-refractivity contribution in [2.45, 2.75) is 13.8 Å². The van der Waals surface area contributed by atoms with Crippen molar-refractivity contribution in [2.24, 2.45) is 0 Å². The van der Waals surface area contributed by atoms with E-state index >= 15 is 0 Å². The third kappa shape index (κ3) is 2.94. The van der Waals surface area contributed by atoms with E-state index in [-0.39, 0.29) is 11.1 Å². The lowest BCUT2D eigenvalue weighted by Gasteiger charge is -1.91. The highest BCUT2D eigenvalue weighted by atomic mass is 16.4. The van der Waals surface area contributed by atoms with Gasteiger partial charge in [0.1, 0.15) is 5.94 Å². The Morgan fingerprint density at radius 3 is 2.17 bits per heavy atom. The van der Waals surface area contributed by atoms with E-state index < -0.39 is 11.8 Å². The van der Waals surface area contributed by atoms with Gasteiger partial charge in [-0.05, 0) is 19.9 Å². The topological polar surface area (TPSA) is 71.4 Å². The van der Waals surface area contributed by atoms with Gasteiger partial charge in [0.25, 0.3) is 0 Å². The molecule has 0 aromatic carbocycles. The number of aliphatic carboxylic acids is 1. The molecular formula is C8H8O4. The maximum Gasteiger partial charge on any atom is 0.331 e. The fourth-order valence-electron chi connectivity index (χ4n) is 0.417. The number of rotatable bonds is 3. The largest absolute Gasteiger partial charge is 0.478 e. The second-order valence-corrected chi connectivity index (χ2v) is 2.22. The number of hydrogen-bond acceptors (Lipinski definition) is 3. The highest BCUT2D eigenvalue weighted by Gasteiger charge is 2.05. The Morgan fingerprint density at radius 1 is 1.33 bits per heavy atom. The molecule has 0 rings (SSSR count). The zero-order valence-electron chi connectivity index (χ0n) is 6.75. The van der Waals surface area contributed by atoms with Gasteiger partial charge in [0.15, 0.2) is 5.78 Å². The van der Waals surface area contributed by atoms with E-state index in [9.17, 15) is 14.4 Å². The predicted octanol–water partition coefficient (Wildman–Crippen LogP) is 0.364. The van der Waals surface area contributed by atoms with Crippen molar-refractivity contribution in [3.63, 3.8) is 0 Å². The summed E-state index contributed by atoms with van der Waals surface area (Å²) in [4.78, 5) is 31.0. The molecule has 0 aliphatic rings. The maximum absolute atomic E-state index is 10.8. The molecule has 0 radical (unpaired) electrons. The van der Waals surface area contributed by atoms with E-state index in [1.165, 1.54) is 19.8 Å². The molecule has 0 saturated heterocycles. The van der Waals surface area contributed by atoms with Crippen molar-refractivity contribution >= 4 is 17.7 Å². The Morgan fingerprint density at radius 2 is 1.83 bits per heavy atom. The van der Waals surface area contributed by atoms with Gasteiger partial charge in [-0.2, -0.15) is 0 Å². The lowest BCUT2D eigenvalue weighted by Crippen LogP contribution is -2.02. The first-order valence-corrected chi connectivity index (χ1v) is 3.16. The molecule has 0 aromatic rings. The quantitative estimate of drug-likeness (QED) is 0.488. The highest BCUT2D eigenvalue weighted by molar-refractivity contribution is 6.11. The Kier molecular flexibility index (Phi) is 3.67. The third-order valence-electron chi connectivity index (χ3n) is 1.21. The first-order valence-electron chi connectivity index (χ1n) is 3.16. The van der Waals surface area contributed by atoms with E-state index in [0.29, 0.717) is 0 Å². The van der Waals surface area contributed by atoms with Crippen LogP contribution in [0, 0.1) is 0 Å². The molecule has 0 heterocycles. The van der Waals surface area contributed by atoms with Crippen LogP contribution in [0.1, 0.15) is 13.8 Å². The van der Waals surface area contributed by atoms with E-state index in [1.807, 2.05) is 0 Å². The van der Waals surface area contributed by atoms with Crippen LogP contribution < -0.4 is 0 Å². The minimum atomic E-state index is -1.18. The molecule has 0 aliphatic carbocycles. The minimum absolute atomic E-state index is 0.102. The molecule has 0 fully saturated rings. The van der Waals surface area contributed by atoms with Gasteiger partial charge in [0.2, 0.25) is 0 Å². The number of hydrogen-bond donors (Lipinski definition) is 1. The Bertz CT molecular complexity index is 292. The number of carbonyl (C=O) groups excluding carboxylic acids is 2. The van der Waals surface area contributed by atoms with Crippen molar-refractivity contribution in [3.8, 4) is 0 Å². The molecule has 0 amide bonds. The fourth-order valence-corrected chi connectivity index (χ4v) is 0.417. The molecule has 1 N–H and O–H groups in total. The fraction of sp³-hybridized carbons (Fsp3) is 0.250. The summed E-state index contributed by atoms with van der Waals surface area (Å²) in [5.41, 5.74) is -0.231.